The van der Waals surface area contributed by atoms with Crippen LogP contribution in [-0.4, -0.2) is 93.8 Å². The third-order valence-electron chi connectivity index (χ3n) is 2.02. The summed E-state index contributed by atoms with van der Waals surface area (Å²) in [7, 11) is 1.07. The van der Waals surface area contributed by atoms with E-state index in [1.54, 1.807) is 0 Å². The van der Waals surface area contributed by atoms with Crippen LogP contribution in [0.2, 0.25) is 0 Å². The molecule has 83 valence electrons. The predicted molar refractivity (Wildman–Crippen MR) is 46.7 cm³/mol. The van der Waals surface area contributed by atoms with Crippen molar-refractivity contribution in [3.63, 3.8) is 0 Å². The molecule has 0 bridgehead atoms. The van der Waals surface area contributed by atoms with E-state index in [0.29, 0.717) is 0 Å². The summed E-state index contributed by atoms with van der Waals surface area (Å²) in [4.78, 5) is 11.0. The van der Waals surface area contributed by atoms with Crippen LogP contribution >= 0.6 is 0 Å². The maximum Gasteiger partial charge on any atom is 0.337 e. The second-order valence-corrected chi connectivity index (χ2v) is 2.94. The number of aliphatic hydroxyl groups is 4. The van der Waals surface area contributed by atoms with Gasteiger partial charge in [0.05, 0.1) is 7.11 Å². The first-order chi connectivity index (χ1) is 6.49. The predicted octanol–water partition coefficient (Wildman–Crippen LogP) is -3.42. The zero-order valence-corrected chi connectivity index (χ0v) is 10.4. The van der Waals surface area contributed by atoms with Crippen LogP contribution in [0, 0.1) is 0 Å². The quantitative estimate of drug-likeness (QED) is 0.274. The summed E-state index contributed by atoms with van der Waals surface area (Å²) in [6.45, 7) is 0. The first kappa shape index (κ1) is 15.3. The van der Waals surface area contributed by atoms with Gasteiger partial charge >= 0.3 is 5.97 Å². The minimum atomic E-state index is -1.72. The Morgan fingerprint density at radius 1 is 1.13 bits per heavy atom. The van der Waals surface area contributed by atoms with Crippen molar-refractivity contribution in [1.29, 1.82) is 0 Å². The number of rotatable bonds is 1. The summed E-state index contributed by atoms with van der Waals surface area (Å²) >= 11 is 0. The number of esters is 1. The monoisotopic (exact) mass is 231 g/mol. The Hall–Kier alpha value is 0.270. The first-order valence-corrected chi connectivity index (χ1v) is 3.94. The van der Waals surface area contributed by atoms with Crippen LogP contribution in [0.25, 0.3) is 0 Å². The fourth-order valence-corrected chi connectivity index (χ4v) is 1.17. The van der Waals surface area contributed by atoms with Crippen molar-refractivity contribution in [2.24, 2.45) is 0 Å². The van der Waals surface area contributed by atoms with Crippen LogP contribution in [0.15, 0.2) is 0 Å². The van der Waals surface area contributed by atoms with Crippen molar-refractivity contribution in [2.45, 2.75) is 30.7 Å². The average Bonchev–Trinajstić information content (AvgIpc) is 2.19. The van der Waals surface area contributed by atoms with Gasteiger partial charge in [-0.1, -0.05) is 0 Å². The van der Waals surface area contributed by atoms with Crippen molar-refractivity contribution in [2.75, 3.05) is 7.11 Å². The largest absolute Gasteiger partial charge is 0.467 e. The molecule has 1 rings (SSSR count). The molecule has 1 aliphatic heterocycles. The number of carbonyl (C=O) groups is 1. The number of methoxy groups -OCH3 is 1. The molecule has 0 aromatic heterocycles. The third-order valence-corrected chi connectivity index (χ3v) is 2.02. The Morgan fingerprint density at radius 2 is 1.67 bits per heavy atom. The van der Waals surface area contributed by atoms with Gasteiger partial charge in [-0.05, 0) is 0 Å². The van der Waals surface area contributed by atoms with E-state index >= 15 is 0 Å². The second-order valence-electron chi connectivity index (χ2n) is 2.94. The van der Waals surface area contributed by atoms with Gasteiger partial charge in [-0.15, -0.1) is 0 Å². The van der Waals surface area contributed by atoms with E-state index in [1.807, 2.05) is 0 Å². The van der Waals surface area contributed by atoms with Gasteiger partial charge in [-0.2, -0.15) is 0 Å². The van der Waals surface area contributed by atoms with Gasteiger partial charge in [-0.3, -0.25) is 0 Å². The Bertz CT molecular complexity index is 223. The van der Waals surface area contributed by atoms with Crippen molar-refractivity contribution in [1.82, 2.24) is 0 Å². The van der Waals surface area contributed by atoms with Crippen molar-refractivity contribution in [3.8, 4) is 0 Å². The molecule has 0 aliphatic carbocycles. The number of hydrogen-bond donors (Lipinski definition) is 4. The summed E-state index contributed by atoms with van der Waals surface area (Å²) in [5.74, 6) is -0.928. The number of aliphatic hydroxyl groups excluding tert-OH is 4. The molecule has 5 atom stereocenters. The van der Waals surface area contributed by atoms with Crippen LogP contribution in [0.5, 0.6) is 0 Å². The molecule has 0 aromatic rings. The van der Waals surface area contributed by atoms with Gasteiger partial charge in [-0.25, -0.2) is 4.79 Å². The molecular weight excluding hydrogens is 219 g/mol. The smallest absolute Gasteiger partial charge is 0.337 e. The molecule has 8 heteroatoms. The molecule has 1 aliphatic rings. The van der Waals surface area contributed by atoms with Crippen LogP contribution in [0.1, 0.15) is 0 Å². The Balaban J connectivity index is 0.00000196. The third kappa shape index (κ3) is 3.11. The molecule has 1 heterocycles. The fraction of sp³-hybridized carbons (Fsp3) is 0.857. The van der Waals surface area contributed by atoms with E-state index in [9.17, 15) is 15.0 Å². The SMILES string of the molecule is COC(=O)[C@H]1O[C@@H](O)[C@H](O)[C@@H](O)[C@@H]1O.[Na]. The van der Waals surface area contributed by atoms with E-state index in [1.165, 1.54) is 0 Å². The van der Waals surface area contributed by atoms with Crippen molar-refractivity contribution < 1.29 is 34.7 Å². The Labute approximate surface area is 108 Å². The molecule has 1 fully saturated rings. The summed E-state index contributed by atoms with van der Waals surface area (Å²) in [5, 5.41) is 36.5. The molecule has 0 unspecified atom stereocenters. The van der Waals surface area contributed by atoms with E-state index < -0.39 is 36.7 Å². The van der Waals surface area contributed by atoms with Gasteiger partial charge in [0.25, 0.3) is 0 Å². The summed E-state index contributed by atoms with van der Waals surface area (Å²) in [6, 6.07) is 0. The van der Waals surface area contributed by atoms with Crippen LogP contribution in [0.3, 0.4) is 0 Å². The first-order valence-electron chi connectivity index (χ1n) is 3.94. The molecule has 1 radical (unpaired) electrons. The summed E-state index contributed by atoms with van der Waals surface area (Å²) in [6.07, 6.45) is -8.14. The van der Waals surface area contributed by atoms with E-state index in [-0.39, 0.29) is 29.6 Å². The topological polar surface area (TPSA) is 116 Å². The maximum absolute atomic E-state index is 11.0. The molecule has 7 nitrogen and oxygen atoms in total. The van der Waals surface area contributed by atoms with Gasteiger partial charge in [0.2, 0.25) is 0 Å². The molecule has 1 saturated heterocycles. The molecule has 15 heavy (non-hydrogen) atoms. The fourth-order valence-electron chi connectivity index (χ4n) is 1.17. The molecule has 0 saturated carbocycles. The average molecular weight is 231 g/mol. The van der Waals surface area contributed by atoms with Gasteiger partial charge in [0, 0.05) is 29.6 Å². The summed E-state index contributed by atoms with van der Waals surface area (Å²) < 4.78 is 8.82. The van der Waals surface area contributed by atoms with Gasteiger partial charge in [0.1, 0.15) is 18.3 Å². The molecule has 0 spiro atoms. The van der Waals surface area contributed by atoms with Gasteiger partial charge < -0.3 is 29.9 Å². The number of hydrogen-bond acceptors (Lipinski definition) is 7. The maximum atomic E-state index is 11.0. The van der Waals surface area contributed by atoms with Crippen LogP contribution < -0.4 is 0 Å². The Morgan fingerprint density at radius 3 is 2.13 bits per heavy atom. The van der Waals surface area contributed by atoms with Crippen molar-refractivity contribution >= 4 is 35.5 Å². The van der Waals surface area contributed by atoms with Crippen LogP contribution in [-0.2, 0) is 14.3 Å². The minimum absolute atomic E-state index is 0. The normalized spacial score (nSPS) is 40.5. The number of carbonyl (C=O) groups excluding carboxylic acids is 1. The summed E-state index contributed by atoms with van der Waals surface area (Å²) in [5.41, 5.74) is 0. The van der Waals surface area contributed by atoms with E-state index in [2.05, 4.69) is 9.47 Å². The zero-order chi connectivity index (χ0) is 10.9. The molecule has 0 aromatic carbocycles. The molecular formula is C7H12NaO7. The van der Waals surface area contributed by atoms with E-state index in [4.69, 9.17) is 10.2 Å². The van der Waals surface area contributed by atoms with E-state index in [0.717, 1.165) is 7.11 Å². The zero-order valence-electron chi connectivity index (χ0n) is 8.40. The van der Waals surface area contributed by atoms with Crippen LogP contribution in [0.4, 0.5) is 0 Å². The standard InChI is InChI=1S/C7H12O7.Na/c1-13-7(12)5-3(9)2(8)4(10)6(11)14-5;/h2-6,8-11H,1H3;/t2-,3-,4+,5-,6+;/m0./s1. The minimum Gasteiger partial charge on any atom is -0.467 e. The number of ether oxygens (including phenoxy) is 2. The Kier molecular flexibility index (Phi) is 6.23. The molecule has 0 amide bonds. The van der Waals surface area contributed by atoms with Crippen molar-refractivity contribution in [3.05, 3.63) is 0 Å². The molecule has 4 N–H and O–H groups in total. The van der Waals surface area contributed by atoms with Gasteiger partial charge in [0.15, 0.2) is 12.4 Å². The second kappa shape index (κ2) is 6.12.